The van der Waals surface area contributed by atoms with Crippen molar-refractivity contribution < 1.29 is 5.11 Å². The molecular formula is C17H26ClNO. The number of nitrogens with zero attached hydrogens (tertiary/aromatic N) is 1. The molecule has 1 N–H and O–H groups in total. The molecule has 3 heteroatoms. The Bertz CT molecular complexity index is 417. The lowest BCUT2D eigenvalue weighted by molar-refractivity contribution is 0.137. The second-order valence-electron chi connectivity index (χ2n) is 6.28. The van der Waals surface area contributed by atoms with Crippen LogP contribution in [0.5, 0.6) is 0 Å². The zero-order chi connectivity index (χ0) is 14.5. The first kappa shape index (κ1) is 15.8. The number of aliphatic hydroxyl groups excluding tert-OH is 1. The van der Waals surface area contributed by atoms with Gasteiger partial charge in [-0.2, -0.15) is 0 Å². The zero-order valence-corrected chi connectivity index (χ0v) is 13.3. The van der Waals surface area contributed by atoms with Crippen molar-refractivity contribution >= 4 is 11.6 Å². The highest BCUT2D eigenvalue weighted by Gasteiger charge is 2.29. The van der Waals surface area contributed by atoms with Crippen LogP contribution in [-0.2, 0) is 0 Å². The van der Waals surface area contributed by atoms with Crippen LogP contribution < -0.4 is 0 Å². The standard InChI is InChI=1S/C17H26ClNO/c1-13(2)9-11-19(14-7-8-14)12-10-17(20)15-5-3-4-6-16(15)18/h3-6,13-14,17,20H,7-12H2,1-2H3. The highest BCUT2D eigenvalue weighted by Crippen LogP contribution is 2.30. The maximum atomic E-state index is 10.3. The molecule has 112 valence electrons. The summed E-state index contributed by atoms with van der Waals surface area (Å²) < 4.78 is 0. The Hall–Kier alpha value is -0.570. The largest absolute Gasteiger partial charge is 0.388 e. The van der Waals surface area contributed by atoms with E-state index < -0.39 is 6.10 Å². The molecule has 0 bridgehead atoms. The van der Waals surface area contributed by atoms with Crippen molar-refractivity contribution in [3.63, 3.8) is 0 Å². The van der Waals surface area contributed by atoms with E-state index in [9.17, 15) is 5.11 Å². The van der Waals surface area contributed by atoms with Gasteiger partial charge in [0.1, 0.15) is 0 Å². The highest BCUT2D eigenvalue weighted by molar-refractivity contribution is 6.31. The maximum Gasteiger partial charge on any atom is 0.0816 e. The zero-order valence-electron chi connectivity index (χ0n) is 12.6. The molecule has 2 nitrogen and oxygen atoms in total. The lowest BCUT2D eigenvalue weighted by atomic mass is 10.1. The molecule has 0 spiro atoms. The van der Waals surface area contributed by atoms with E-state index in [4.69, 9.17) is 11.6 Å². The Balaban J connectivity index is 1.84. The van der Waals surface area contributed by atoms with Gasteiger partial charge in [0.2, 0.25) is 0 Å². The Kier molecular flexibility index (Phi) is 5.88. The second-order valence-corrected chi connectivity index (χ2v) is 6.68. The van der Waals surface area contributed by atoms with Gasteiger partial charge in [0.25, 0.3) is 0 Å². The van der Waals surface area contributed by atoms with Gasteiger partial charge < -0.3 is 10.0 Å². The lowest BCUT2D eigenvalue weighted by Gasteiger charge is -2.24. The van der Waals surface area contributed by atoms with E-state index in [-0.39, 0.29) is 0 Å². The molecule has 1 saturated carbocycles. The van der Waals surface area contributed by atoms with Crippen LogP contribution >= 0.6 is 11.6 Å². The first-order valence-corrected chi connectivity index (χ1v) is 8.12. The number of halogens is 1. The van der Waals surface area contributed by atoms with Crippen LogP contribution in [0.15, 0.2) is 24.3 Å². The summed E-state index contributed by atoms with van der Waals surface area (Å²) in [6.07, 6.45) is 4.18. The summed E-state index contributed by atoms with van der Waals surface area (Å²) in [4.78, 5) is 2.54. The van der Waals surface area contributed by atoms with Crippen molar-refractivity contribution in [2.45, 2.75) is 51.7 Å². The lowest BCUT2D eigenvalue weighted by Crippen LogP contribution is -2.30. The molecule has 1 aliphatic carbocycles. The third-order valence-corrected chi connectivity index (χ3v) is 4.36. The monoisotopic (exact) mass is 295 g/mol. The highest BCUT2D eigenvalue weighted by atomic mass is 35.5. The summed E-state index contributed by atoms with van der Waals surface area (Å²) in [6.45, 7) is 6.65. The van der Waals surface area contributed by atoms with E-state index in [0.29, 0.717) is 5.02 Å². The molecule has 1 aromatic carbocycles. The van der Waals surface area contributed by atoms with Gasteiger partial charge in [0, 0.05) is 17.6 Å². The van der Waals surface area contributed by atoms with Crippen LogP contribution in [0.25, 0.3) is 0 Å². The van der Waals surface area contributed by atoms with Crippen molar-refractivity contribution in [1.29, 1.82) is 0 Å². The summed E-state index contributed by atoms with van der Waals surface area (Å²) in [5.74, 6) is 0.741. The van der Waals surface area contributed by atoms with Gasteiger partial charge >= 0.3 is 0 Å². The van der Waals surface area contributed by atoms with Crippen LogP contribution in [0.3, 0.4) is 0 Å². The summed E-state index contributed by atoms with van der Waals surface area (Å²) in [7, 11) is 0. The van der Waals surface area contributed by atoms with Gasteiger partial charge in [-0.1, -0.05) is 43.6 Å². The molecule has 2 rings (SSSR count). The van der Waals surface area contributed by atoms with E-state index in [0.717, 1.165) is 37.0 Å². The fraction of sp³-hybridized carbons (Fsp3) is 0.647. The SMILES string of the molecule is CC(C)CCN(CCC(O)c1ccccc1Cl)C1CC1. The first-order valence-electron chi connectivity index (χ1n) is 7.74. The van der Waals surface area contributed by atoms with Gasteiger partial charge in [0.05, 0.1) is 6.10 Å². The molecule has 0 saturated heterocycles. The molecule has 1 fully saturated rings. The molecule has 1 aliphatic rings. The first-order chi connectivity index (χ1) is 9.58. The molecule has 1 unspecified atom stereocenters. The molecule has 1 atom stereocenters. The number of hydrogen-bond acceptors (Lipinski definition) is 2. The molecule has 0 radical (unpaired) electrons. The Labute approximate surface area is 127 Å². The van der Waals surface area contributed by atoms with Crippen molar-refractivity contribution in [2.24, 2.45) is 5.92 Å². The quantitative estimate of drug-likeness (QED) is 0.774. The average Bonchev–Trinajstić information content (AvgIpc) is 3.23. The second kappa shape index (κ2) is 7.44. The average molecular weight is 296 g/mol. The third kappa shape index (κ3) is 4.76. The van der Waals surface area contributed by atoms with Gasteiger partial charge in [0.15, 0.2) is 0 Å². The summed E-state index contributed by atoms with van der Waals surface area (Å²) in [5.41, 5.74) is 0.855. The van der Waals surface area contributed by atoms with Crippen molar-refractivity contribution in [1.82, 2.24) is 4.90 Å². The number of rotatable bonds is 8. The number of hydrogen-bond donors (Lipinski definition) is 1. The van der Waals surface area contributed by atoms with Crippen molar-refractivity contribution in [2.75, 3.05) is 13.1 Å². The Morgan fingerprint density at radius 3 is 2.45 bits per heavy atom. The van der Waals surface area contributed by atoms with E-state index in [1.807, 2.05) is 24.3 Å². The topological polar surface area (TPSA) is 23.5 Å². The Morgan fingerprint density at radius 2 is 1.85 bits per heavy atom. The number of benzene rings is 1. The minimum Gasteiger partial charge on any atom is -0.388 e. The molecule has 20 heavy (non-hydrogen) atoms. The number of aliphatic hydroxyl groups is 1. The minimum atomic E-state index is -0.455. The van der Waals surface area contributed by atoms with Crippen LogP contribution in [0, 0.1) is 5.92 Å². The smallest absolute Gasteiger partial charge is 0.0816 e. The van der Waals surface area contributed by atoms with Gasteiger partial charge in [-0.3, -0.25) is 0 Å². The van der Waals surface area contributed by atoms with Crippen LogP contribution in [0.2, 0.25) is 5.02 Å². The summed E-state index contributed by atoms with van der Waals surface area (Å²) >= 11 is 6.14. The molecule has 0 aliphatic heterocycles. The van der Waals surface area contributed by atoms with Gasteiger partial charge in [-0.15, -0.1) is 0 Å². The molecular weight excluding hydrogens is 270 g/mol. The normalized spacial score (nSPS) is 16.9. The summed E-state index contributed by atoms with van der Waals surface area (Å²) in [5, 5.41) is 11.0. The van der Waals surface area contributed by atoms with Crippen molar-refractivity contribution in [3.8, 4) is 0 Å². The minimum absolute atomic E-state index is 0.455. The fourth-order valence-electron chi connectivity index (χ4n) is 2.53. The Morgan fingerprint density at radius 1 is 1.20 bits per heavy atom. The van der Waals surface area contributed by atoms with E-state index in [1.165, 1.54) is 19.3 Å². The molecule has 0 aromatic heterocycles. The van der Waals surface area contributed by atoms with Gasteiger partial charge in [-0.25, -0.2) is 0 Å². The van der Waals surface area contributed by atoms with Crippen LogP contribution in [0.1, 0.15) is 51.2 Å². The van der Waals surface area contributed by atoms with E-state index in [2.05, 4.69) is 18.7 Å². The van der Waals surface area contributed by atoms with E-state index >= 15 is 0 Å². The molecule has 1 aromatic rings. The molecule has 0 amide bonds. The van der Waals surface area contributed by atoms with Crippen LogP contribution in [0.4, 0.5) is 0 Å². The van der Waals surface area contributed by atoms with E-state index in [1.54, 1.807) is 0 Å². The third-order valence-electron chi connectivity index (χ3n) is 4.01. The van der Waals surface area contributed by atoms with Gasteiger partial charge in [-0.05, 0) is 49.8 Å². The fourth-order valence-corrected chi connectivity index (χ4v) is 2.79. The van der Waals surface area contributed by atoms with Crippen LogP contribution in [-0.4, -0.2) is 29.1 Å². The predicted octanol–water partition coefficient (Wildman–Crippen LogP) is 4.27. The summed E-state index contributed by atoms with van der Waals surface area (Å²) in [6, 6.07) is 8.35. The maximum absolute atomic E-state index is 10.3. The van der Waals surface area contributed by atoms with Crippen molar-refractivity contribution in [3.05, 3.63) is 34.9 Å². The predicted molar refractivity (Wildman–Crippen MR) is 85.1 cm³/mol. The molecule has 0 heterocycles.